The number of nitrogens with zero attached hydrogens (tertiary/aromatic N) is 1. The van der Waals surface area contributed by atoms with Crippen molar-refractivity contribution in [3.63, 3.8) is 0 Å². The Hall–Kier alpha value is -2.32. The quantitative estimate of drug-likeness (QED) is 0.198. The number of benzene rings is 2. The summed E-state index contributed by atoms with van der Waals surface area (Å²) < 4.78 is 12.9. The SMILES string of the molecule is CCOC(=O)c1sc2nc(CO[Si](c3ccccc3)(c3ccccc3)C(C)(C)C)ccc2c1Br. The Kier molecular flexibility index (Phi) is 7.38. The number of aromatic nitrogens is 1. The topological polar surface area (TPSA) is 48.4 Å². The van der Waals surface area contributed by atoms with Gasteiger partial charge < -0.3 is 9.16 Å². The summed E-state index contributed by atoms with van der Waals surface area (Å²) in [6.45, 7) is 9.31. The largest absolute Gasteiger partial charge is 0.462 e. The highest BCUT2D eigenvalue weighted by Crippen LogP contribution is 2.38. The van der Waals surface area contributed by atoms with Crippen LogP contribution in [0.2, 0.25) is 5.04 Å². The molecule has 0 spiro atoms. The third-order valence-corrected chi connectivity index (χ3v) is 13.0. The highest BCUT2D eigenvalue weighted by molar-refractivity contribution is 9.10. The minimum absolute atomic E-state index is 0.108. The summed E-state index contributed by atoms with van der Waals surface area (Å²) in [5.74, 6) is -0.331. The van der Waals surface area contributed by atoms with Crippen LogP contribution in [0.25, 0.3) is 10.2 Å². The van der Waals surface area contributed by atoms with Crippen LogP contribution in [0.4, 0.5) is 0 Å². The molecule has 0 N–H and O–H groups in total. The lowest BCUT2D eigenvalue weighted by Crippen LogP contribution is -2.66. The molecule has 2 aromatic heterocycles. The summed E-state index contributed by atoms with van der Waals surface area (Å²) in [5, 5.41) is 3.27. The van der Waals surface area contributed by atoms with Gasteiger partial charge in [0.05, 0.1) is 23.4 Å². The predicted molar refractivity (Wildman–Crippen MR) is 146 cm³/mol. The van der Waals surface area contributed by atoms with Gasteiger partial charge in [-0.15, -0.1) is 11.3 Å². The summed E-state index contributed by atoms with van der Waals surface area (Å²) in [7, 11) is -2.65. The predicted octanol–water partition coefficient (Wildman–Crippen LogP) is 6.31. The van der Waals surface area contributed by atoms with Crippen molar-refractivity contribution in [1.82, 2.24) is 4.98 Å². The zero-order valence-electron chi connectivity index (χ0n) is 19.8. The third kappa shape index (κ3) is 4.62. The lowest BCUT2D eigenvalue weighted by atomic mass is 10.2. The number of pyridine rings is 1. The van der Waals surface area contributed by atoms with Gasteiger partial charge in [0.2, 0.25) is 0 Å². The third-order valence-electron chi connectivity index (χ3n) is 5.87. The number of fused-ring (bicyclic) bond motifs is 1. The molecular weight excluding hydrogens is 526 g/mol. The van der Waals surface area contributed by atoms with Crippen LogP contribution in [-0.4, -0.2) is 25.9 Å². The first-order valence-corrected chi connectivity index (χ1v) is 14.8. The molecule has 4 rings (SSSR count). The van der Waals surface area contributed by atoms with Crippen molar-refractivity contribution in [1.29, 1.82) is 0 Å². The maximum absolute atomic E-state index is 12.3. The number of carbonyl (C=O) groups is 1. The molecule has 2 heterocycles. The van der Waals surface area contributed by atoms with Crippen LogP contribution in [0.3, 0.4) is 0 Å². The van der Waals surface area contributed by atoms with E-state index in [1.165, 1.54) is 21.7 Å². The minimum Gasteiger partial charge on any atom is -0.462 e. The van der Waals surface area contributed by atoms with Crippen molar-refractivity contribution < 1.29 is 14.0 Å². The number of rotatable bonds is 7. The highest BCUT2D eigenvalue weighted by Gasteiger charge is 2.50. The maximum Gasteiger partial charge on any atom is 0.349 e. The van der Waals surface area contributed by atoms with Crippen molar-refractivity contribution >= 4 is 62.1 Å². The van der Waals surface area contributed by atoms with Gasteiger partial charge in [-0.2, -0.15) is 0 Å². The molecule has 0 amide bonds. The number of hydrogen-bond acceptors (Lipinski definition) is 5. The second-order valence-corrected chi connectivity index (χ2v) is 15.2. The van der Waals surface area contributed by atoms with Crippen LogP contribution in [0.15, 0.2) is 77.3 Å². The van der Waals surface area contributed by atoms with E-state index in [2.05, 4.69) is 85.2 Å². The molecule has 0 saturated carbocycles. The Balaban J connectivity index is 1.74. The molecular formula is C27H28BrNO3SSi. The van der Waals surface area contributed by atoms with E-state index in [4.69, 9.17) is 14.1 Å². The van der Waals surface area contributed by atoms with Crippen molar-refractivity contribution in [2.24, 2.45) is 0 Å². The van der Waals surface area contributed by atoms with Crippen molar-refractivity contribution in [3.8, 4) is 0 Å². The normalized spacial score (nSPS) is 12.1. The van der Waals surface area contributed by atoms with E-state index < -0.39 is 8.32 Å². The second-order valence-electron chi connectivity index (χ2n) is 9.07. The molecule has 7 heteroatoms. The summed E-state index contributed by atoms with van der Waals surface area (Å²) in [6.07, 6.45) is 0. The number of thiophene rings is 1. The first-order valence-electron chi connectivity index (χ1n) is 11.3. The van der Waals surface area contributed by atoms with E-state index in [0.29, 0.717) is 18.1 Å². The van der Waals surface area contributed by atoms with Crippen LogP contribution in [-0.2, 0) is 15.8 Å². The number of esters is 1. The lowest BCUT2D eigenvalue weighted by molar-refractivity contribution is 0.0531. The highest BCUT2D eigenvalue weighted by atomic mass is 79.9. The van der Waals surface area contributed by atoms with Crippen LogP contribution < -0.4 is 10.4 Å². The van der Waals surface area contributed by atoms with Gasteiger partial charge in [0.15, 0.2) is 0 Å². The molecule has 0 fully saturated rings. The maximum atomic E-state index is 12.3. The van der Waals surface area contributed by atoms with Crippen molar-refractivity contribution in [3.05, 3.63) is 87.8 Å². The number of ether oxygens (including phenoxy) is 1. The van der Waals surface area contributed by atoms with Crippen molar-refractivity contribution in [2.45, 2.75) is 39.3 Å². The molecule has 0 atom stereocenters. The Morgan fingerprint density at radius 3 is 2.09 bits per heavy atom. The summed E-state index contributed by atoms with van der Waals surface area (Å²) in [6, 6.07) is 25.1. The molecule has 4 aromatic rings. The van der Waals surface area contributed by atoms with Gasteiger partial charge in [-0.25, -0.2) is 9.78 Å². The smallest absolute Gasteiger partial charge is 0.349 e. The minimum atomic E-state index is -2.65. The molecule has 0 saturated heterocycles. The molecule has 4 nitrogen and oxygen atoms in total. The Morgan fingerprint density at radius 2 is 1.56 bits per heavy atom. The Bertz CT molecular complexity index is 1250. The molecule has 176 valence electrons. The average molecular weight is 555 g/mol. The van der Waals surface area contributed by atoms with E-state index in [9.17, 15) is 4.79 Å². The first kappa shape index (κ1) is 24.8. The molecule has 0 aliphatic heterocycles. The zero-order valence-corrected chi connectivity index (χ0v) is 23.2. The van der Waals surface area contributed by atoms with Gasteiger partial charge in [-0.1, -0.05) is 81.4 Å². The van der Waals surface area contributed by atoms with Gasteiger partial charge in [0, 0.05) is 5.39 Å². The van der Waals surface area contributed by atoms with E-state index in [1.807, 2.05) is 24.3 Å². The Morgan fingerprint density at radius 1 is 0.971 bits per heavy atom. The van der Waals surface area contributed by atoms with Crippen molar-refractivity contribution in [2.75, 3.05) is 6.61 Å². The summed E-state index contributed by atoms with van der Waals surface area (Å²) >= 11 is 4.89. The monoisotopic (exact) mass is 553 g/mol. The van der Waals surface area contributed by atoms with E-state index in [1.54, 1.807) is 6.92 Å². The number of carbonyl (C=O) groups excluding carboxylic acids is 1. The van der Waals surface area contributed by atoms with E-state index >= 15 is 0 Å². The van der Waals surface area contributed by atoms with Crippen LogP contribution in [0, 0.1) is 0 Å². The summed E-state index contributed by atoms with van der Waals surface area (Å²) in [5.41, 5.74) is 0.838. The standard InChI is InChI=1S/C27H28BrNO3SSi/c1-5-31-26(30)24-23(28)22-17-16-19(29-25(22)33-24)18-32-34(27(2,3)4,20-12-8-6-9-13-20)21-14-10-7-11-15-21/h6-17H,5,18H2,1-4H3. The van der Waals surface area contributed by atoms with Gasteiger partial charge in [-0.05, 0) is 50.4 Å². The lowest BCUT2D eigenvalue weighted by Gasteiger charge is -2.43. The fraction of sp³-hybridized carbons (Fsp3) is 0.259. The fourth-order valence-electron chi connectivity index (χ4n) is 4.34. The van der Waals surface area contributed by atoms with Gasteiger partial charge in [-0.3, -0.25) is 0 Å². The van der Waals surface area contributed by atoms with Gasteiger partial charge >= 0.3 is 5.97 Å². The Labute approximate surface area is 214 Å². The first-order chi connectivity index (χ1) is 16.3. The van der Waals surface area contributed by atoms with E-state index in [-0.39, 0.29) is 11.0 Å². The molecule has 34 heavy (non-hydrogen) atoms. The van der Waals surface area contributed by atoms with Gasteiger partial charge in [0.25, 0.3) is 8.32 Å². The molecule has 0 unspecified atom stereocenters. The molecule has 2 aromatic carbocycles. The van der Waals surface area contributed by atoms with Crippen LogP contribution in [0.5, 0.6) is 0 Å². The zero-order chi connectivity index (χ0) is 24.3. The van der Waals surface area contributed by atoms with Gasteiger partial charge in [0.1, 0.15) is 9.71 Å². The van der Waals surface area contributed by atoms with E-state index in [0.717, 1.165) is 20.4 Å². The van der Waals surface area contributed by atoms with Crippen LogP contribution in [0.1, 0.15) is 43.1 Å². The molecule has 0 aliphatic carbocycles. The summed E-state index contributed by atoms with van der Waals surface area (Å²) in [4.78, 5) is 18.5. The molecule has 0 aliphatic rings. The van der Waals surface area contributed by atoms with Crippen LogP contribution >= 0.6 is 27.3 Å². The second kappa shape index (κ2) is 10.1. The molecule has 0 radical (unpaired) electrons. The average Bonchev–Trinajstić information content (AvgIpc) is 3.16. The number of halogens is 1. The molecule has 0 bridgehead atoms. The fourth-order valence-corrected chi connectivity index (χ4v) is 10.7. The number of hydrogen-bond donors (Lipinski definition) is 0.